The standard InChI is InChI=1S/C16H16ClNO2/c1-4-19-10(3)14-8-12-9(2)18-15-11(16(12)20-14)6-5-7-13(15)17/h5-8,10H,4H2,1-3H3. The third kappa shape index (κ3) is 2.07. The summed E-state index contributed by atoms with van der Waals surface area (Å²) in [5.74, 6) is 0.819. The number of fused-ring (bicyclic) bond motifs is 3. The van der Waals surface area contributed by atoms with E-state index in [2.05, 4.69) is 4.98 Å². The maximum absolute atomic E-state index is 6.22. The van der Waals surface area contributed by atoms with Crippen molar-refractivity contribution in [3.63, 3.8) is 0 Å². The van der Waals surface area contributed by atoms with E-state index in [0.717, 1.165) is 33.3 Å². The predicted molar refractivity (Wildman–Crippen MR) is 81.3 cm³/mol. The van der Waals surface area contributed by atoms with Crippen LogP contribution in [0, 0.1) is 6.92 Å². The van der Waals surface area contributed by atoms with Crippen LogP contribution in [-0.2, 0) is 4.74 Å². The maximum atomic E-state index is 6.22. The summed E-state index contributed by atoms with van der Waals surface area (Å²) < 4.78 is 11.6. The lowest BCUT2D eigenvalue weighted by Gasteiger charge is -2.07. The molecule has 0 fully saturated rings. The summed E-state index contributed by atoms with van der Waals surface area (Å²) in [6, 6.07) is 7.75. The van der Waals surface area contributed by atoms with Crippen molar-refractivity contribution in [2.75, 3.05) is 6.61 Å². The van der Waals surface area contributed by atoms with Crippen LogP contribution in [0.2, 0.25) is 5.02 Å². The molecule has 1 aromatic carbocycles. The fraction of sp³-hybridized carbons (Fsp3) is 0.312. The number of ether oxygens (including phenoxy) is 1. The highest BCUT2D eigenvalue weighted by atomic mass is 35.5. The number of aryl methyl sites for hydroxylation is 1. The van der Waals surface area contributed by atoms with Gasteiger partial charge in [0.25, 0.3) is 0 Å². The zero-order valence-electron chi connectivity index (χ0n) is 11.7. The zero-order chi connectivity index (χ0) is 14.3. The fourth-order valence-corrected chi connectivity index (χ4v) is 2.67. The molecular formula is C16H16ClNO2. The summed E-state index contributed by atoms with van der Waals surface area (Å²) in [7, 11) is 0. The number of nitrogens with zero attached hydrogens (tertiary/aromatic N) is 1. The number of furan rings is 1. The van der Waals surface area contributed by atoms with Crippen molar-refractivity contribution < 1.29 is 9.15 Å². The minimum absolute atomic E-state index is 0.0685. The van der Waals surface area contributed by atoms with Crippen LogP contribution in [0.1, 0.15) is 31.4 Å². The van der Waals surface area contributed by atoms with Gasteiger partial charge in [0, 0.05) is 23.1 Å². The molecule has 0 radical (unpaired) electrons. The molecule has 0 aliphatic carbocycles. The summed E-state index contributed by atoms with van der Waals surface area (Å²) in [5, 5.41) is 2.60. The van der Waals surface area contributed by atoms with E-state index in [-0.39, 0.29) is 6.10 Å². The highest BCUT2D eigenvalue weighted by molar-refractivity contribution is 6.35. The maximum Gasteiger partial charge on any atom is 0.145 e. The molecule has 0 aliphatic heterocycles. The molecule has 0 saturated carbocycles. The molecule has 4 heteroatoms. The Kier molecular flexibility index (Phi) is 3.40. The van der Waals surface area contributed by atoms with Gasteiger partial charge in [-0.15, -0.1) is 0 Å². The van der Waals surface area contributed by atoms with Gasteiger partial charge >= 0.3 is 0 Å². The van der Waals surface area contributed by atoms with Crippen molar-refractivity contribution in [3.05, 3.63) is 40.7 Å². The molecule has 1 unspecified atom stereocenters. The number of hydrogen-bond acceptors (Lipinski definition) is 3. The van der Waals surface area contributed by atoms with Gasteiger partial charge in [0.2, 0.25) is 0 Å². The van der Waals surface area contributed by atoms with Crippen molar-refractivity contribution in [1.29, 1.82) is 0 Å². The summed E-state index contributed by atoms with van der Waals surface area (Å²) in [6.45, 7) is 6.58. The SMILES string of the molecule is CCOC(C)c1cc2c(C)nc3c(Cl)cccc3c2o1. The Balaban J connectivity index is 2.30. The third-order valence-corrected chi connectivity index (χ3v) is 3.77. The summed E-state index contributed by atoms with van der Waals surface area (Å²) in [6.07, 6.45) is -0.0685. The first-order valence-electron chi connectivity index (χ1n) is 6.71. The molecule has 0 amide bonds. The number of rotatable bonds is 3. The lowest BCUT2D eigenvalue weighted by atomic mass is 10.1. The van der Waals surface area contributed by atoms with Crippen LogP contribution >= 0.6 is 11.6 Å². The van der Waals surface area contributed by atoms with Crippen LogP contribution < -0.4 is 0 Å². The number of benzene rings is 1. The van der Waals surface area contributed by atoms with Crippen LogP contribution in [0.5, 0.6) is 0 Å². The number of aromatic nitrogens is 1. The Morgan fingerprint density at radius 1 is 1.35 bits per heavy atom. The van der Waals surface area contributed by atoms with Crippen molar-refractivity contribution >= 4 is 33.5 Å². The quantitative estimate of drug-likeness (QED) is 0.677. The first-order valence-corrected chi connectivity index (χ1v) is 7.09. The van der Waals surface area contributed by atoms with Crippen LogP contribution in [0.3, 0.4) is 0 Å². The van der Waals surface area contributed by atoms with E-state index in [0.29, 0.717) is 11.6 Å². The second kappa shape index (κ2) is 5.08. The second-order valence-electron chi connectivity index (χ2n) is 4.82. The van der Waals surface area contributed by atoms with Gasteiger partial charge in [0.05, 0.1) is 10.5 Å². The highest BCUT2D eigenvalue weighted by Crippen LogP contribution is 2.34. The second-order valence-corrected chi connectivity index (χ2v) is 5.23. The third-order valence-electron chi connectivity index (χ3n) is 3.47. The van der Waals surface area contributed by atoms with Gasteiger partial charge < -0.3 is 9.15 Å². The molecule has 0 spiro atoms. The molecule has 104 valence electrons. The Labute approximate surface area is 122 Å². The topological polar surface area (TPSA) is 35.3 Å². The zero-order valence-corrected chi connectivity index (χ0v) is 12.5. The first kappa shape index (κ1) is 13.4. The first-order chi connectivity index (χ1) is 9.61. The van der Waals surface area contributed by atoms with Gasteiger partial charge in [0.1, 0.15) is 17.4 Å². The van der Waals surface area contributed by atoms with Crippen molar-refractivity contribution in [2.45, 2.75) is 26.9 Å². The molecule has 3 rings (SSSR count). The normalized spacial score (nSPS) is 13.2. The van der Waals surface area contributed by atoms with E-state index in [9.17, 15) is 0 Å². The monoisotopic (exact) mass is 289 g/mol. The van der Waals surface area contributed by atoms with Gasteiger partial charge in [0.15, 0.2) is 0 Å². The van der Waals surface area contributed by atoms with Crippen molar-refractivity contribution in [3.8, 4) is 0 Å². The average molecular weight is 290 g/mol. The van der Waals surface area contributed by atoms with Gasteiger partial charge in [-0.3, -0.25) is 4.98 Å². The molecule has 0 bridgehead atoms. The van der Waals surface area contributed by atoms with Crippen LogP contribution in [0.25, 0.3) is 21.9 Å². The molecule has 2 aromatic heterocycles. The molecule has 2 heterocycles. The minimum atomic E-state index is -0.0685. The van der Waals surface area contributed by atoms with Crippen LogP contribution in [-0.4, -0.2) is 11.6 Å². The van der Waals surface area contributed by atoms with Gasteiger partial charge in [-0.1, -0.05) is 17.7 Å². The lowest BCUT2D eigenvalue weighted by Crippen LogP contribution is -1.97. The molecule has 3 aromatic rings. The van der Waals surface area contributed by atoms with Crippen molar-refractivity contribution in [1.82, 2.24) is 4.98 Å². The predicted octanol–water partition coefficient (Wildman–Crippen LogP) is 5.04. The molecule has 1 atom stereocenters. The van der Waals surface area contributed by atoms with E-state index in [4.69, 9.17) is 20.8 Å². The summed E-state index contributed by atoms with van der Waals surface area (Å²) >= 11 is 6.22. The van der Waals surface area contributed by atoms with E-state index >= 15 is 0 Å². The van der Waals surface area contributed by atoms with E-state index in [1.807, 2.05) is 45.0 Å². The van der Waals surface area contributed by atoms with Gasteiger partial charge in [-0.2, -0.15) is 0 Å². The van der Waals surface area contributed by atoms with Crippen molar-refractivity contribution in [2.24, 2.45) is 0 Å². The van der Waals surface area contributed by atoms with Crippen LogP contribution in [0.15, 0.2) is 28.7 Å². The average Bonchev–Trinajstić information content (AvgIpc) is 2.87. The van der Waals surface area contributed by atoms with Gasteiger partial charge in [-0.05, 0) is 39.0 Å². The number of hydrogen-bond donors (Lipinski definition) is 0. The molecular weight excluding hydrogens is 274 g/mol. The summed E-state index contributed by atoms with van der Waals surface area (Å²) in [4.78, 5) is 4.59. The van der Waals surface area contributed by atoms with E-state index in [1.54, 1.807) is 0 Å². The Morgan fingerprint density at radius 2 is 2.15 bits per heavy atom. The lowest BCUT2D eigenvalue weighted by molar-refractivity contribution is 0.0616. The molecule has 0 aliphatic rings. The molecule has 20 heavy (non-hydrogen) atoms. The Bertz CT molecular complexity index is 779. The molecule has 0 saturated heterocycles. The highest BCUT2D eigenvalue weighted by Gasteiger charge is 2.16. The fourth-order valence-electron chi connectivity index (χ4n) is 2.45. The number of halogens is 1. The summed E-state index contributed by atoms with van der Waals surface area (Å²) in [5.41, 5.74) is 2.53. The number of para-hydroxylation sites is 1. The molecule has 3 nitrogen and oxygen atoms in total. The smallest absolute Gasteiger partial charge is 0.145 e. The van der Waals surface area contributed by atoms with E-state index < -0.39 is 0 Å². The Hall–Kier alpha value is -1.58. The van der Waals surface area contributed by atoms with Crippen LogP contribution in [0.4, 0.5) is 0 Å². The Morgan fingerprint density at radius 3 is 2.90 bits per heavy atom. The van der Waals surface area contributed by atoms with Gasteiger partial charge in [-0.25, -0.2) is 0 Å². The largest absolute Gasteiger partial charge is 0.458 e. The number of pyridine rings is 1. The minimum Gasteiger partial charge on any atom is -0.458 e. The van der Waals surface area contributed by atoms with E-state index in [1.165, 1.54) is 0 Å². The molecule has 0 N–H and O–H groups in total.